The number of likely N-dealkylation sites (N-methyl/N-ethyl adjacent to an activating group) is 1. The van der Waals surface area contributed by atoms with Gasteiger partial charge in [0.05, 0.1) is 13.2 Å². The first kappa shape index (κ1) is 14.3. The van der Waals surface area contributed by atoms with Gasteiger partial charge in [0.25, 0.3) is 0 Å². The Kier molecular flexibility index (Phi) is 5.95. The van der Waals surface area contributed by atoms with Crippen molar-refractivity contribution in [1.82, 2.24) is 0 Å². The Labute approximate surface area is 110 Å². The third-order valence-electron chi connectivity index (χ3n) is 2.75. The SMILES string of the molecule is C=CCOC/C=C(\C)C(=C)N(C)c1ccccc1. The molecule has 1 aromatic rings. The number of nitrogens with zero attached hydrogens (tertiary/aromatic N) is 1. The van der Waals surface area contributed by atoms with Gasteiger partial charge in [-0.25, -0.2) is 0 Å². The summed E-state index contributed by atoms with van der Waals surface area (Å²) >= 11 is 0. The van der Waals surface area contributed by atoms with Gasteiger partial charge in [-0.2, -0.15) is 0 Å². The molecule has 2 nitrogen and oxygen atoms in total. The molecule has 0 aliphatic rings. The van der Waals surface area contributed by atoms with Crippen molar-refractivity contribution in [3.8, 4) is 0 Å². The molecule has 0 saturated carbocycles. The first-order valence-electron chi connectivity index (χ1n) is 6.00. The zero-order valence-corrected chi connectivity index (χ0v) is 11.2. The standard InChI is InChI=1S/C16H21NO/c1-5-12-18-13-11-14(2)15(3)17(4)16-9-7-6-8-10-16/h5-11H,1,3,12-13H2,2,4H3/b14-11+. The molecule has 0 aliphatic carbocycles. The fourth-order valence-corrected chi connectivity index (χ4v) is 1.53. The van der Waals surface area contributed by atoms with Gasteiger partial charge in [-0.3, -0.25) is 0 Å². The predicted octanol–water partition coefficient (Wildman–Crippen LogP) is 3.79. The molecule has 0 heterocycles. The molecule has 0 amide bonds. The van der Waals surface area contributed by atoms with Crippen LogP contribution in [0.15, 0.2) is 66.9 Å². The summed E-state index contributed by atoms with van der Waals surface area (Å²) in [6.07, 6.45) is 3.78. The van der Waals surface area contributed by atoms with E-state index < -0.39 is 0 Å². The molecule has 1 aromatic carbocycles. The molecule has 0 bridgehead atoms. The molecule has 1 rings (SSSR count). The van der Waals surface area contributed by atoms with Crippen LogP contribution >= 0.6 is 0 Å². The quantitative estimate of drug-likeness (QED) is 0.410. The number of hydrogen-bond acceptors (Lipinski definition) is 2. The van der Waals surface area contributed by atoms with Gasteiger partial charge in [0.1, 0.15) is 0 Å². The van der Waals surface area contributed by atoms with E-state index >= 15 is 0 Å². The maximum atomic E-state index is 5.33. The summed E-state index contributed by atoms with van der Waals surface area (Å²) in [5.74, 6) is 0. The summed E-state index contributed by atoms with van der Waals surface area (Å²) in [5, 5.41) is 0. The van der Waals surface area contributed by atoms with E-state index in [4.69, 9.17) is 4.74 Å². The largest absolute Gasteiger partial charge is 0.373 e. The first-order valence-corrected chi connectivity index (χ1v) is 6.00. The molecule has 96 valence electrons. The molecule has 2 heteroatoms. The molecule has 18 heavy (non-hydrogen) atoms. The highest BCUT2D eigenvalue weighted by molar-refractivity contribution is 5.54. The van der Waals surface area contributed by atoms with Crippen molar-refractivity contribution in [2.45, 2.75) is 6.92 Å². The van der Waals surface area contributed by atoms with Crippen LogP contribution in [-0.4, -0.2) is 20.3 Å². The Bertz CT molecular complexity index is 420. The number of anilines is 1. The third kappa shape index (κ3) is 4.22. The van der Waals surface area contributed by atoms with Crippen LogP contribution in [0.4, 0.5) is 5.69 Å². The Hall–Kier alpha value is -1.80. The first-order chi connectivity index (χ1) is 8.66. The fourth-order valence-electron chi connectivity index (χ4n) is 1.53. The van der Waals surface area contributed by atoms with Gasteiger partial charge < -0.3 is 9.64 Å². The van der Waals surface area contributed by atoms with Crippen LogP contribution in [-0.2, 0) is 4.74 Å². The molecule has 0 N–H and O–H groups in total. The zero-order chi connectivity index (χ0) is 13.4. The number of para-hydroxylation sites is 1. The van der Waals surface area contributed by atoms with Gasteiger partial charge in [0, 0.05) is 18.4 Å². The van der Waals surface area contributed by atoms with Crippen LogP contribution in [0.2, 0.25) is 0 Å². The lowest BCUT2D eigenvalue weighted by atomic mass is 10.2. The summed E-state index contributed by atoms with van der Waals surface area (Å²) < 4.78 is 5.33. The molecule has 0 aliphatic heterocycles. The van der Waals surface area contributed by atoms with E-state index in [1.54, 1.807) is 6.08 Å². The molecule has 0 fully saturated rings. The highest BCUT2D eigenvalue weighted by atomic mass is 16.5. The van der Waals surface area contributed by atoms with Crippen molar-refractivity contribution in [3.05, 3.63) is 66.9 Å². The van der Waals surface area contributed by atoms with E-state index in [9.17, 15) is 0 Å². The van der Waals surface area contributed by atoms with Crippen molar-refractivity contribution >= 4 is 5.69 Å². The van der Waals surface area contributed by atoms with E-state index in [2.05, 4.69) is 30.2 Å². The Morgan fingerprint density at radius 2 is 1.94 bits per heavy atom. The van der Waals surface area contributed by atoms with E-state index in [-0.39, 0.29) is 0 Å². The highest BCUT2D eigenvalue weighted by Gasteiger charge is 2.05. The van der Waals surface area contributed by atoms with Crippen molar-refractivity contribution in [1.29, 1.82) is 0 Å². The Morgan fingerprint density at radius 3 is 2.56 bits per heavy atom. The molecule has 0 saturated heterocycles. The maximum Gasteiger partial charge on any atom is 0.0658 e. The second-order valence-corrected chi connectivity index (χ2v) is 4.05. The molecular weight excluding hydrogens is 222 g/mol. The topological polar surface area (TPSA) is 12.5 Å². The molecule has 0 spiro atoms. The Morgan fingerprint density at radius 1 is 1.28 bits per heavy atom. The summed E-state index contributed by atoms with van der Waals surface area (Å²) in [6, 6.07) is 10.2. The third-order valence-corrected chi connectivity index (χ3v) is 2.75. The predicted molar refractivity (Wildman–Crippen MR) is 78.8 cm³/mol. The Balaban J connectivity index is 2.60. The highest BCUT2D eigenvalue weighted by Crippen LogP contribution is 2.19. The van der Waals surface area contributed by atoms with Crippen molar-refractivity contribution in [2.24, 2.45) is 0 Å². The minimum absolute atomic E-state index is 0.574. The lowest BCUT2D eigenvalue weighted by Crippen LogP contribution is -2.16. The minimum Gasteiger partial charge on any atom is -0.373 e. The lowest BCUT2D eigenvalue weighted by Gasteiger charge is -2.22. The van der Waals surface area contributed by atoms with E-state index in [1.165, 1.54) is 0 Å². The van der Waals surface area contributed by atoms with E-state index in [0.717, 1.165) is 17.0 Å². The van der Waals surface area contributed by atoms with Crippen molar-refractivity contribution in [2.75, 3.05) is 25.2 Å². The van der Waals surface area contributed by atoms with E-state index in [1.807, 2.05) is 38.2 Å². The van der Waals surface area contributed by atoms with Crippen LogP contribution in [0, 0.1) is 0 Å². The van der Waals surface area contributed by atoms with Crippen molar-refractivity contribution in [3.63, 3.8) is 0 Å². The smallest absolute Gasteiger partial charge is 0.0658 e. The molecule has 0 atom stereocenters. The zero-order valence-electron chi connectivity index (χ0n) is 11.2. The summed E-state index contributed by atoms with van der Waals surface area (Å²) in [6.45, 7) is 10.9. The van der Waals surface area contributed by atoms with Crippen LogP contribution < -0.4 is 4.90 Å². The summed E-state index contributed by atoms with van der Waals surface area (Å²) in [7, 11) is 2.01. The second-order valence-electron chi connectivity index (χ2n) is 4.05. The molecule has 0 aromatic heterocycles. The fraction of sp³-hybridized carbons (Fsp3) is 0.250. The molecule has 0 unspecified atom stereocenters. The number of hydrogen-bond donors (Lipinski definition) is 0. The molecular formula is C16H21NO. The lowest BCUT2D eigenvalue weighted by molar-refractivity contribution is 0.193. The van der Waals surface area contributed by atoms with Crippen LogP contribution in [0.25, 0.3) is 0 Å². The average molecular weight is 243 g/mol. The average Bonchev–Trinajstić information content (AvgIpc) is 2.42. The van der Waals surface area contributed by atoms with Gasteiger partial charge in [-0.05, 0) is 24.6 Å². The van der Waals surface area contributed by atoms with Gasteiger partial charge >= 0.3 is 0 Å². The van der Waals surface area contributed by atoms with Crippen LogP contribution in [0.5, 0.6) is 0 Å². The van der Waals surface area contributed by atoms with Gasteiger partial charge in [0.15, 0.2) is 0 Å². The summed E-state index contributed by atoms with van der Waals surface area (Å²) in [4.78, 5) is 2.07. The van der Waals surface area contributed by atoms with Crippen molar-refractivity contribution < 1.29 is 4.74 Å². The van der Waals surface area contributed by atoms with Gasteiger partial charge in [-0.15, -0.1) is 6.58 Å². The maximum absolute atomic E-state index is 5.33. The van der Waals surface area contributed by atoms with Gasteiger partial charge in [0.2, 0.25) is 0 Å². The number of benzene rings is 1. The van der Waals surface area contributed by atoms with E-state index in [0.29, 0.717) is 13.2 Å². The van der Waals surface area contributed by atoms with Gasteiger partial charge in [-0.1, -0.05) is 36.9 Å². The number of rotatable bonds is 7. The molecule has 0 radical (unpaired) electrons. The summed E-state index contributed by atoms with van der Waals surface area (Å²) in [5.41, 5.74) is 3.22. The number of allylic oxidation sites excluding steroid dienone is 1. The number of ether oxygens (including phenoxy) is 1. The monoisotopic (exact) mass is 243 g/mol. The van der Waals surface area contributed by atoms with Crippen LogP contribution in [0.1, 0.15) is 6.92 Å². The minimum atomic E-state index is 0.574. The second kappa shape index (κ2) is 7.51. The van der Waals surface area contributed by atoms with Crippen LogP contribution in [0.3, 0.4) is 0 Å². The normalized spacial score (nSPS) is 11.1.